The smallest absolute Gasteiger partial charge is 0.00538 e. The molecule has 3 aliphatic carbocycles. The molecule has 0 nitrogen and oxygen atoms in total. The number of benzene rings is 1. The molecule has 1 fully saturated rings. The Kier molecular flexibility index (Phi) is 4.37. The van der Waals surface area contributed by atoms with Gasteiger partial charge in [0.05, 0.1) is 0 Å². The van der Waals surface area contributed by atoms with Gasteiger partial charge in [-0.1, -0.05) is 60.7 Å². The summed E-state index contributed by atoms with van der Waals surface area (Å²) in [7, 11) is 0. The number of hydrogen-bond donors (Lipinski definition) is 0. The van der Waals surface area contributed by atoms with Gasteiger partial charge in [-0.15, -0.1) is 0 Å². The minimum atomic E-state index is 0.747. The lowest BCUT2D eigenvalue weighted by Crippen LogP contribution is -2.28. The van der Waals surface area contributed by atoms with Crippen molar-refractivity contribution in [3.05, 3.63) is 47.0 Å². The van der Waals surface area contributed by atoms with Crippen LogP contribution in [-0.4, -0.2) is 0 Å². The molecule has 0 amide bonds. The van der Waals surface area contributed by atoms with Crippen molar-refractivity contribution in [2.24, 2.45) is 11.8 Å². The van der Waals surface area contributed by atoms with Gasteiger partial charge in [-0.2, -0.15) is 0 Å². The lowest BCUT2D eigenvalue weighted by molar-refractivity contribution is 0.238. The van der Waals surface area contributed by atoms with Crippen molar-refractivity contribution < 1.29 is 0 Å². The van der Waals surface area contributed by atoms with Crippen molar-refractivity contribution in [2.75, 3.05) is 0 Å². The second-order valence-corrected chi connectivity index (χ2v) is 7.81. The topological polar surface area (TPSA) is 0 Å². The Labute approximate surface area is 136 Å². The van der Waals surface area contributed by atoms with Gasteiger partial charge in [-0.05, 0) is 68.8 Å². The molecule has 0 aliphatic heterocycles. The molecule has 0 heteroatoms. The Morgan fingerprint density at radius 1 is 0.682 bits per heavy atom. The highest BCUT2D eigenvalue weighted by atomic mass is 14.4. The molecular formula is C22H30. The summed E-state index contributed by atoms with van der Waals surface area (Å²) in [6.45, 7) is 0. The van der Waals surface area contributed by atoms with E-state index < -0.39 is 0 Å². The lowest BCUT2D eigenvalue weighted by Gasteiger charge is -2.42. The lowest BCUT2D eigenvalue weighted by atomic mass is 9.63. The van der Waals surface area contributed by atoms with Crippen molar-refractivity contribution in [1.29, 1.82) is 0 Å². The van der Waals surface area contributed by atoms with Crippen molar-refractivity contribution in [3.63, 3.8) is 0 Å². The molecule has 0 heterocycles. The summed E-state index contributed by atoms with van der Waals surface area (Å²) in [5.74, 6) is 2.68. The molecule has 0 aromatic heterocycles. The van der Waals surface area contributed by atoms with Gasteiger partial charge in [-0.25, -0.2) is 0 Å². The molecule has 0 bridgehead atoms. The first-order chi connectivity index (χ1) is 10.9. The summed E-state index contributed by atoms with van der Waals surface area (Å²) in [4.78, 5) is 0. The summed E-state index contributed by atoms with van der Waals surface area (Å²) in [5, 5.41) is 0. The first kappa shape index (κ1) is 14.5. The van der Waals surface area contributed by atoms with Crippen LogP contribution in [0.2, 0.25) is 0 Å². The van der Waals surface area contributed by atoms with Gasteiger partial charge in [0, 0.05) is 5.92 Å². The molecular weight excluding hydrogens is 264 g/mol. The second kappa shape index (κ2) is 6.60. The standard InChI is InChI=1S/C22H30/c1-3-9-17(10-4-1)20-15-7-13-19-14-8-16-21(22(19)20)18-11-5-2-6-12-18/h1,3-4,9-10,18,20-21H,2,5-8,11-16H2. The molecule has 22 heavy (non-hydrogen) atoms. The highest BCUT2D eigenvalue weighted by molar-refractivity contribution is 5.37. The summed E-state index contributed by atoms with van der Waals surface area (Å²) < 4.78 is 0. The predicted octanol–water partition coefficient (Wildman–Crippen LogP) is 6.63. The Hall–Kier alpha value is -1.04. The fraction of sp³-hybridized carbons (Fsp3) is 0.636. The molecule has 4 rings (SSSR count). The quantitative estimate of drug-likeness (QED) is 0.537. The number of rotatable bonds is 2. The van der Waals surface area contributed by atoms with Crippen molar-refractivity contribution in [1.82, 2.24) is 0 Å². The summed E-state index contributed by atoms with van der Waals surface area (Å²) in [5.41, 5.74) is 5.40. The van der Waals surface area contributed by atoms with E-state index in [2.05, 4.69) is 30.3 Å². The molecule has 0 radical (unpaired) electrons. The van der Waals surface area contributed by atoms with Gasteiger partial charge < -0.3 is 0 Å². The van der Waals surface area contributed by atoms with Crippen LogP contribution in [0.5, 0.6) is 0 Å². The van der Waals surface area contributed by atoms with E-state index in [1.54, 1.807) is 5.56 Å². The summed E-state index contributed by atoms with van der Waals surface area (Å²) >= 11 is 0. The molecule has 1 saturated carbocycles. The fourth-order valence-electron chi connectivity index (χ4n) is 5.60. The highest BCUT2D eigenvalue weighted by Crippen LogP contribution is 2.51. The van der Waals surface area contributed by atoms with Crippen LogP contribution in [0.25, 0.3) is 0 Å². The highest BCUT2D eigenvalue weighted by Gasteiger charge is 2.36. The average molecular weight is 294 g/mol. The maximum atomic E-state index is 2.38. The zero-order valence-electron chi connectivity index (χ0n) is 13.9. The third-order valence-corrected chi connectivity index (χ3v) is 6.57. The van der Waals surface area contributed by atoms with Gasteiger partial charge >= 0.3 is 0 Å². The normalized spacial score (nSPS) is 30.2. The Morgan fingerprint density at radius 2 is 1.41 bits per heavy atom. The molecule has 2 atom stereocenters. The third kappa shape index (κ3) is 2.77. The Balaban J connectivity index is 1.68. The van der Waals surface area contributed by atoms with Crippen LogP contribution in [0.15, 0.2) is 41.5 Å². The molecule has 0 N–H and O–H groups in total. The molecule has 0 spiro atoms. The molecule has 0 saturated heterocycles. The minimum absolute atomic E-state index is 0.747. The SMILES string of the molecule is c1ccc(C2CCCC3=C2C(C2CCCCC2)CCC3)cc1. The Bertz CT molecular complexity index is 514. The number of hydrogen-bond acceptors (Lipinski definition) is 0. The zero-order chi connectivity index (χ0) is 14.8. The second-order valence-electron chi connectivity index (χ2n) is 7.81. The van der Waals surface area contributed by atoms with Crippen LogP contribution in [-0.2, 0) is 0 Å². The first-order valence-corrected chi connectivity index (χ1v) is 9.70. The van der Waals surface area contributed by atoms with Crippen molar-refractivity contribution in [3.8, 4) is 0 Å². The van der Waals surface area contributed by atoms with Crippen LogP contribution >= 0.6 is 0 Å². The van der Waals surface area contributed by atoms with E-state index >= 15 is 0 Å². The maximum Gasteiger partial charge on any atom is 0.00538 e. The number of allylic oxidation sites excluding steroid dienone is 2. The minimum Gasteiger partial charge on any atom is -0.0701 e. The van der Waals surface area contributed by atoms with E-state index in [0.717, 1.165) is 17.8 Å². The monoisotopic (exact) mass is 294 g/mol. The van der Waals surface area contributed by atoms with Crippen LogP contribution in [0.4, 0.5) is 0 Å². The zero-order valence-corrected chi connectivity index (χ0v) is 13.9. The molecule has 1 aromatic rings. The van der Waals surface area contributed by atoms with E-state index in [-0.39, 0.29) is 0 Å². The van der Waals surface area contributed by atoms with Crippen molar-refractivity contribution >= 4 is 0 Å². The average Bonchev–Trinajstić information content (AvgIpc) is 2.62. The van der Waals surface area contributed by atoms with Gasteiger partial charge in [-0.3, -0.25) is 0 Å². The molecule has 2 unspecified atom stereocenters. The molecule has 1 aromatic carbocycles. The van der Waals surface area contributed by atoms with E-state index in [9.17, 15) is 0 Å². The van der Waals surface area contributed by atoms with Gasteiger partial charge in [0.2, 0.25) is 0 Å². The van der Waals surface area contributed by atoms with Gasteiger partial charge in [0.15, 0.2) is 0 Å². The Morgan fingerprint density at radius 3 is 2.18 bits per heavy atom. The fourth-order valence-corrected chi connectivity index (χ4v) is 5.60. The molecule has 118 valence electrons. The van der Waals surface area contributed by atoms with E-state index in [1.807, 2.05) is 11.1 Å². The maximum absolute atomic E-state index is 2.38. The van der Waals surface area contributed by atoms with Crippen LogP contribution in [0.3, 0.4) is 0 Å². The van der Waals surface area contributed by atoms with Gasteiger partial charge in [0.25, 0.3) is 0 Å². The van der Waals surface area contributed by atoms with Crippen LogP contribution in [0.1, 0.15) is 82.1 Å². The van der Waals surface area contributed by atoms with Gasteiger partial charge in [0.1, 0.15) is 0 Å². The first-order valence-electron chi connectivity index (χ1n) is 9.70. The van der Waals surface area contributed by atoms with Crippen LogP contribution in [0, 0.1) is 11.8 Å². The van der Waals surface area contributed by atoms with E-state index in [1.165, 1.54) is 70.6 Å². The van der Waals surface area contributed by atoms with E-state index in [0.29, 0.717) is 0 Å². The third-order valence-electron chi connectivity index (χ3n) is 6.57. The van der Waals surface area contributed by atoms with Crippen LogP contribution < -0.4 is 0 Å². The molecule has 3 aliphatic rings. The summed E-state index contributed by atoms with van der Waals surface area (Å²) in [6.07, 6.45) is 16.0. The predicted molar refractivity (Wildman–Crippen MR) is 94.0 cm³/mol. The summed E-state index contributed by atoms with van der Waals surface area (Å²) in [6, 6.07) is 11.4. The van der Waals surface area contributed by atoms with E-state index in [4.69, 9.17) is 0 Å². The van der Waals surface area contributed by atoms with Crippen molar-refractivity contribution in [2.45, 2.75) is 76.5 Å². The largest absolute Gasteiger partial charge is 0.0701 e.